The number of carbonyl (C=O) groups is 1. The first kappa shape index (κ1) is 12.4. The van der Waals surface area contributed by atoms with Gasteiger partial charge in [0.05, 0.1) is 0 Å². The van der Waals surface area contributed by atoms with Crippen LogP contribution in [0.1, 0.15) is 23.0 Å². The van der Waals surface area contributed by atoms with Crippen molar-refractivity contribution >= 4 is 11.6 Å². The lowest BCUT2D eigenvalue weighted by atomic mass is 10.2. The zero-order valence-electron chi connectivity index (χ0n) is 10.4. The Bertz CT molecular complexity index is 545. The highest BCUT2D eigenvalue weighted by atomic mass is 16.1. The summed E-state index contributed by atoms with van der Waals surface area (Å²) in [7, 11) is 0. The number of amides is 1. The second-order valence-corrected chi connectivity index (χ2v) is 4.04. The van der Waals surface area contributed by atoms with Gasteiger partial charge >= 0.3 is 0 Å². The van der Waals surface area contributed by atoms with Gasteiger partial charge in [-0.25, -0.2) is 0 Å². The number of nitrogens with one attached hydrogen (secondary N) is 1. The number of nitrogens with zero attached hydrogens (tertiary/aromatic N) is 1. The second-order valence-electron chi connectivity index (χ2n) is 4.04. The maximum Gasteiger partial charge on any atom is 0.272 e. The first-order valence-corrected chi connectivity index (χ1v) is 6.00. The van der Waals surface area contributed by atoms with E-state index in [4.69, 9.17) is 5.73 Å². The number of aromatic nitrogens is 1. The molecule has 2 rings (SSSR count). The Labute approximate surface area is 106 Å². The van der Waals surface area contributed by atoms with Crippen molar-refractivity contribution < 1.29 is 4.79 Å². The van der Waals surface area contributed by atoms with Crippen LogP contribution in [-0.4, -0.2) is 10.5 Å². The van der Waals surface area contributed by atoms with Crippen molar-refractivity contribution in [3.05, 3.63) is 53.9 Å². The third-order valence-corrected chi connectivity index (χ3v) is 2.82. The average Bonchev–Trinajstić information content (AvgIpc) is 2.87. The molecule has 0 unspecified atom stereocenters. The highest BCUT2D eigenvalue weighted by Gasteiger charge is 2.09. The van der Waals surface area contributed by atoms with Crippen LogP contribution in [0.15, 0.2) is 42.6 Å². The maximum absolute atomic E-state index is 12.1. The lowest BCUT2D eigenvalue weighted by molar-refractivity contribution is 0.101. The molecule has 0 aliphatic rings. The molecule has 18 heavy (non-hydrogen) atoms. The molecule has 2 aromatic rings. The molecule has 0 saturated carbocycles. The molecular formula is C14H17N3O. The summed E-state index contributed by atoms with van der Waals surface area (Å²) < 4.78 is 1.90. The number of anilines is 1. The van der Waals surface area contributed by atoms with Crippen molar-refractivity contribution in [1.82, 2.24) is 4.57 Å². The molecule has 0 radical (unpaired) electrons. The van der Waals surface area contributed by atoms with Gasteiger partial charge in [-0.3, -0.25) is 4.79 Å². The van der Waals surface area contributed by atoms with E-state index in [1.165, 1.54) is 0 Å². The summed E-state index contributed by atoms with van der Waals surface area (Å²) >= 11 is 0. The quantitative estimate of drug-likeness (QED) is 0.865. The largest absolute Gasteiger partial charge is 0.344 e. The maximum atomic E-state index is 12.1. The molecule has 4 heteroatoms. The lowest BCUT2D eigenvalue weighted by Crippen LogP contribution is -2.16. The van der Waals surface area contributed by atoms with Crippen LogP contribution in [0.5, 0.6) is 0 Å². The molecule has 0 spiro atoms. The second kappa shape index (κ2) is 5.51. The van der Waals surface area contributed by atoms with Crippen LogP contribution in [0.2, 0.25) is 0 Å². The molecule has 1 aromatic carbocycles. The number of carbonyl (C=O) groups excluding carboxylic acids is 1. The molecule has 94 valence electrons. The first-order valence-electron chi connectivity index (χ1n) is 6.00. The van der Waals surface area contributed by atoms with E-state index in [0.29, 0.717) is 12.2 Å². The molecule has 4 nitrogen and oxygen atoms in total. The molecule has 0 aliphatic carbocycles. The van der Waals surface area contributed by atoms with Gasteiger partial charge in [0, 0.05) is 25.0 Å². The van der Waals surface area contributed by atoms with Crippen molar-refractivity contribution in [2.45, 2.75) is 20.0 Å². The van der Waals surface area contributed by atoms with Crippen LogP contribution in [0, 0.1) is 0 Å². The first-order chi connectivity index (χ1) is 8.74. The van der Waals surface area contributed by atoms with Crippen LogP contribution in [0.4, 0.5) is 5.69 Å². The highest BCUT2D eigenvalue weighted by Crippen LogP contribution is 2.12. The van der Waals surface area contributed by atoms with Gasteiger partial charge in [0.25, 0.3) is 5.91 Å². The molecule has 0 atom stereocenters. The molecular weight excluding hydrogens is 226 g/mol. The molecule has 0 bridgehead atoms. The molecule has 3 N–H and O–H groups in total. The Hall–Kier alpha value is -2.07. The van der Waals surface area contributed by atoms with Gasteiger partial charge in [0.15, 0.2) is 0 Å². The van der Waals surface area contributed by atoms with E-state index in [2.05, 4.69) is 5.32 Å². The summed E-state index contributed by atoms with van der Waals surface area (Å²) in [4.78, 5) is 12.1. The van der Waals surface area contributed by atoms with Gasteiger partial charge in [0.1, 0.15) is 5.69 Å². The number of hydrogen-bond donors (Lipinski definition) is 2. The van der Waals surface area contributed by atoms with Crippen LogP contribution in [0.25, 0.3) is 0 Å². The van der Waals surface area contributed by atoms with E-state index in [0.717, 1.165) is 17.8 Å². The summed E-state index contributed by atoms with van der Waals surface area (Å²) in [5.74, 6) is -0.101. The third kappa shape index (κ3) is 2.60. The molecule has 0 saturated heterocycles. The molecule has 1 amide bonds. The van der Waals surface area contributed by atoms with E-state index in [-0.39, 0.29) is 5.91 Å². The van der Waals surface area contributed by atoms with E-state index in [1.54, 1.807) is 0 Å². The van der Waals surface area contributed by atoms with Crippen molar-refractivity contribution in [3.8, 4) is 0 Å². The third-order valence-electron chi connectivity index (χ3n) is 2.82. The van der Waals surface area contributed by atoms with E-state index >= 15 is 0 Å². The minimum absolute atomic E-state index is 0.101. The van der Waals surface area contributed by atoms with Gasteiger partial charge < -0.3 is 15.6 Å². The van der Waals surface area contributed by atoms with Crippen LogP contribution >= 0.6 is 0 Å². The van der Waals surface area contributed by atoms with Crippen LogP contribution < -0.4 is 11.1 Å². The van der Waals surface area contributed by atoms with Gasteiger partial charge in [-0.2, -0.15) is 0 Å². The van der Waals surface area contributed by atoms with Crippen molar-refractivity contribution in [2.75, 3.05) is 5.32 Å². The summed E-state index contributed by atoms with van der Waals surface area (Å²) in [6, 6.07) is 11.2. The van der Waals surface area contributed by atoms with E-state index in [1.807, 2.05) is 54.1 Å². The number of hydrogen-bond acceptors (Lipinski definition) is 2. The van der Waals surface area contributed by atoms with E-state index in [9.17, 15) is 4.79 Å². The molecule has 0 fully saturated rings. The summed E-state index contributed by atoms with van der Waals surface area (Å²) in [5.41, 5.74) is 8.00. The summed E-state index contributed by atoms with van der Waals surface area (Å²) in [6.45, 7) is 3.25. The molecule has 1 heterocycles. The number of nitrogens with two attached hydrogens (primary N) is 1. The van der Waals surface area contributed by atoms with Crippen molar-refractivity contribution in [3.63, 3.8) is 0 Å². The molecule has 1 aromatic heterocycles. The van der Waals surface area contributed by atoms with Crippen LogP contribution in [0.3, 0.4) is 0 Å². The van der Waals surface area contributed by atoms with Gasteiger partial charge in [-0.1, -0.05) is 12.1 Å². The Morgan fingerprint density at radius 2 is 2.17 bits per heavy atom. The zero-order chi connectivity index (χ0) is 13.0. The smallest absolute Gasteiger partial charge is 0.272 e. The topological polar surface area (TPSA) is 60.0 Å². The zero-order valence-corrected chi connectivity index (χ0v) is 10.4. The monoisotopic (exact) mass is 243 g/mol. The van der Waals surface area contributed by atoms with Gasteiger partial charge in [-0.15, -0.1) is 0 Å². The van der Waals surface area contributed by atoms with Crippen molar-refractivity contribution in [1.29, 1.82) is 0 Å². The summed E-state index contributed by atoms with van der Waals surface area (Å²) in [5, 5.41) is 2.88. The standard InChI is InChI=1S/C14H17N3O/c1-2-17-8-4-7-13(17)14(18)16-12-6-3-5-11(9-12)10-15/h3-9H,2,10,15H2,1H3,(H,16,18). The average molecular weight is 243 g/mol. The lowest BCUT2D eigenvalue weighted by Gasteiger charge is -2.08. The van der Waals surface area contributed by atoms with Crippen LogP contribution in [-0.2, 0) is 13.1 Å². The minimum atomic E-state index is -0.101. The molecule has 0 aliphatic heterocycles. The highest BCUT2D eigenvalue weighted by molar-refractivity contribution is 6.03. The van der Waals surface area contributed by atoms with Crippen molar-refractivity contribution in [2.24, 2.45) is 5.73 Å². The predicted molar refractivity (Wildman–Crippen MR) is 72.4 cm³/mol. The predicted octanol–water partition coefficient (Wildman–Crippen LogP) is 2.22. The Morgan fingerprint density at radius 1 is 1.33 bits per heavy atom. The number of aryl methyl sites for hydroxylation is 1. The SMILES string of the molecule is CCn1cccc1C(=O)Nc1cccc(CN)c1. The van der Waals surface area contributed by atoms with Gasteiger partial charge in [-0.05, 0) is 36.8 Å². The van der Waals surface area contributed by atoms with Gasteiger partial charge in [0.2, 0.25) is 0 Å². The minimum Gasteiger partial charge on any atom is -0.344 e. The Kier molecular flexibility index (Phi) is 3.79. The Balaban J connectivity index is 2.16. The van der Waals surface area contributed by atoms with E-state index < -0.39 is 0 Å². The number of rotatable bonds is 4. The number of benzene rings is 1. The fourth-order valence-corrected chi connectivity index (χ4v) is 1.87. The Morgan fingerprint density at radius 3 is 2.89 bits per heavy atom. The normalized spacial score (nSPS) is 10.3. The fourth-order valence-electron chi connectivity index (χ4n) is 1.87. The summed E-state index contributed by atoms with van der Waals surface area (Å²) in [6.07, 6.45) is 1.89. The fraction of sp³-hybridized carbons (Fsp3) is 0.214.